The van der Waals surface area contributed by atoms with E-state index in [-0.39, 0.29) is 5.56 Å². The van der Waals surface area contributed by atoms with Crippen molar-refractivity contribution in [3.05, 3.63) is 69.8 Å². The molecule has 6 heteroatoms. The van der Waals surface area contributed by atoms with E-state index in [0.29, 0.717) is 18.3 Å². The monoisotopic (exact) mass is 364 g/mol. The van der Waals surface area contributed by atoms with Crippen molar-refractivity contribution in [1.82, 2.24) is 19.9 Å². The molecule has 1 aliphatic heterocycles. The Morgan fingerprint density at radius 3 is 2.81 bits per heavy atom. The van der Waals surface area contributed by atoms with Crippen LogP contribution in [-0.2, 0) is 13.0 Å². The number of aryl methyl sites for hydroxylation is 1. The summed E-state index contributed by atoms with van der Waals surface area (Å²) < 4.78 is 5.73. The number of nitrogens with zero attached hydrogens (tertiary/aromatic N) is 3. The quantitative estimate of drug-likeness (QED) is 0.752. The van der Waals surface area contributed by atoms with Crippen LogP contribution in [0.25, 0.3) is 11.4 Å². The lowest BCUT2D eigenvalue weighted by atomic mass is 10.0. The van der Waals surface area contributed by atoms with Crippen LogP contribution < -0.4 is 5.56 Å². The number of furan rings is 1. The Kier molecular flexibility index (Phi) is 4.90. The molecule has 6 nitrogen and oxygen atoms in total. The second-order valence-electron chi connectivity index (χ2n) is 7.24. The number of fused-ring (bicyclic) bond motifs is 1. The van der Waals surface area contributed by atoms with Crippen molar-refractivity contribution in [1.29, 1.82) is 0 Å². The maximum absolute atomic E-state index is 12.6. The number of H-pyrrole nitrogens is 1. The summed E-state index contributed by atoms with van der Waals surface area (Å²) >= 11 is 0. The summed E-state index contributed by atoms with van der Waals surface area (Å²) in [5.41, 5.74) is 2.55. The van der Waals surface area contributed by atoms with E-state index in [9.17, 15) is 4.79 Å². The van der Waals surface area contributed by atoms with Crippen molar-refractivity contribution in [2.75, 3.05) is 13.1 Å². The number of nitrogens with one attached hydrogen (secondary N) is 1. The smallest absolute Gasteiger partial charge is 0.255 e. The second-order valence-corrected chi connectivity index (χ2v) is 7.24. The number of pyridine rings is 1. The summed E-state index contributed by atoms with van der Waals surface area (Å²) in [7, 11) is 0. The predicted molar refractivity (Wildman–Crippen MR) is 104 cm³/mol. The lowest BCUT2D eigenvalue weighted by Gasteiger charge is -2.28. The highest BCUT2D eigenvalue weighted by molar-refractivity contribution is 5.54. The average Bonchev–Trinajstić information content (AvgIpc) is 3.13. The third-order valence-electron chi connectivity index (χ3n) is 5.23. The number of hydrogen-bond donors (Lipinski definition) is 1. The van der Waals surface area contributed by atoms with Crippen molar-refractivity contribution in [2.45, 2.75) is 39.2 Å². The molecule has 1 unspecified atom stereocenters. The number of hydrogen-bond acceptors (Lipinski definition) is 5. The molecule has 27 heavy (non-hydrogen) atoms. The first-order valence-electron chi connectivity index (χ1n) is 9.41. The largest absolute Gasteiger partial charge is 0.466 e. The summed E-state index contributed by atoms with van der Waals surface area (Å²) in [6, 6.07) is 7.78. The first-order chi connectivity index (χ1) is 13.1. The highest BCUT2D eigenvalue weighted by atomic mass is 16.3. The Labute approximate surface area is 158 Å². The van der Waals surface area contributed by atoms with E-state index >= 15 is 0 Å². The maximum atomic E-state index is 12.6. The van der Waals surface area contributed by atoms with Crippen LogP contribution >= 0.6 is 0 Å². The molecule has 0 bridgehead atoms. The van der Waals surface area contributed by atoms with Gasteiger partial charge in [-0.2, -0.15) is 0 Å². The average molecular weight is 364 g/mol. The molecular weight excluding hydrogens is 340 g/mol. The Hall–Kier alpha value is -2.73. The Morgan fingerprint density at radius 1 is 1.26 bits per heavy atom. The minimum absolute atomic E-state index is 0.0359. The van der Waals surface area contributed by atoms with Gasteiger partial charge in [-0.15, -0.1) is 0 Å². The normalized spacial score (nSPS) is 15.5. The van der Waals surface area contributed by atoms with Gasteiger partial charge in [0.1, 0.15) is 17.3 Å². The van der Waals surface area contributed by atoms with Crippen LogP contribution in [0.4, 0.5) is 0 Å². The summed E-state index contributed by atoms with van der Waals surface area (Å²) in [6.45, 7) is 6.66. The number of rotatable bonds is 5. The van der Waals surface area contributed by atoms with E-state index < -0.39 is 0 Å². The molecule has 1 aliphatic rings. The molecule has 0 radical (unpaired) electrons. The van der Waals surface area contributed by atoms with Crippen LogP contribution in [0.5, 0.6) is 0 Å². The van der Waals surface area contributed by atoms with Crippen molar-refractivity contribution < 1.29 is 4.42 Å². The van der Waals surface area contributed by atoms with E-state index in [1.165, 1.54) is 0 Å². The molecule has 0 saturated heterocycles. The van der Waals surface area contributed by atoms with Crippen molar-refractivity contribution >= 4 is 0 Å². The van der Waals surface area contributed by atoms with Crippen molar-refractivity contribution in [2.24, 2.45) is 0 Å². The van der Waals surface area contributed by atoms with Gasteiger partial charge in [-0.1, -0.05) is 6.92 Å². The van der Waals surface area contributed by atoms with Gasteiger partial charge in [0.15, 0.2) is 0 Å². The highest BCUT2D eigenvalue weighted by Crippen LogP contribution is 2.23. The van der Waals surface area contributed by atoms with E-state index in [1.807, 2.05) is 25.1 Å². The standard InChI is InChI=1S/C21H24N4O2/c1-14(19-4-3-15(2)27-19)7-11-25-12-8-18-17(13-25)21(26)24-20(23-18)16-5-9-22-10-6-16/h3-6,9-10,14H,7-8,11-13H2,1-2H3,(H,23,24,26). The Bertz CT molecular complexity index is 977. The van der Waals surface area contributed by atoms with Crippen LogP contribution in [-0.4, -0.2) is 32.9 Å². The van der Waals surface area contributed by atoms with Crippen LogP contribution in [0.15, 0.2) is 45.9 Å². The second kappa shape index (κ2) is 7.48. The third kappa shape index (κ3) is 3.85. The summed E-state index contributed by atoms with van der Waals surface area (Å²) in [6.07, 6.45) is 5.21. The summed E-state index contributed by atoms with van der Waals surface area (Å²) in [4.78, 5) is 26.6. The molecule has 0 saturated carbocycles. The van der Waals surface area contributed by atoms with Crippen LogP contribution in [0.2, 0.25) is 0 Å². The minimum atomic E-state index is -0.0359. The number of aromatic nitrogens is 3. The topological polar surface area (TPSA) is 75.0 Å². The fraction of sp³-hybridized carbons (Fsp3) is 0.381. The zero-order valence-electron chi connectivity index (χ0n) is 15.7. The lowest BCUT2D eigenvalue weighted by Crippen LogP contribution is -2.36. The number of aromatic amines is 1. The third-order valence-corrected chi connectivity index (χ3v) is 5.23. The molecule has 0 aromatic carbocycles. The lowest BCUT2D eigenvalue weighted by molar-refractivity contribution is 0.238. The Morgan fingerprint density at radius 2 is 2.07 bits per heavy atom. The molecule has 0 fully saturated rings. The molecule has 0 aliphatic carbocycles. The van der Waals surface area contributed by atoms with E-state index in [1.54, 1.807) is 12.4 Å². The van der Waals surface area contributed by atoms with Gasteiger partial charge in [-0.3, -0.25) is 14.7 Å². The molecule has 1 atom stereocenters. The molecule has 4 heterocycles. The molecule has 140 valence electrons. The van der Waals surface area contributed by atoms with Crippen molar-refractivity contribution in [3.63, 3.8) is 0 Å². The minimum Gasteiger partial charge on any atom is -0.466 e. The van der Waals surface area contributed by atoms with Gasteiger partial charge in [0.05, 0.1) is 11.3 Å². The van der Waals surface area contributed by atoms with Crippen LogP contribution in [0, 0.1) is 6.92 Å². The summed E-state index contributed by atoms with van der Waals surface area (Å²) in [5, 5.41) is 0. The molecule has 1 N–H and O–H groups in total. The Balaban J connectivity index is 1.45. The first kappa shape index (κ1) is 17.7. The molecule has 0 spiro atoms. The zero-order valence-corrected chi connectivity index (χ0v) is 15.7. The fourth-order valence-corrected chi connectivity index (χ4v) is 3.56. The predicted octanol–water partition coefficient (Wildman–Crippen LogP) is 3.29. The van der Waals surface area contributed by atoms with Crippen molar-refractivity contribution in [3.8, 4) is 11.4 Å². The molecular formula is C21H24N4O2. The molecule has 3 aromatic heterocycles. The highest BCUT2D eigenvalue weighted by Gasteiger charge is 2.22. The van der Waals surface area contributed by atoms with Gasteiger partial charge >= 0.3 is 0 Å². The SMILES string of the molecule is Cc1ccc(C(C)CCN2CCc3nc(-c4ccncc4)[nH]c(=O)c3C2)o1. The van der Waals surface area contributed by atoms with Gasteiger partial charge in [-0.25, -0.2) is 4.98 Å². The summed E-state index contributed by atoms with van der Waals surface area (Å²) in [5.74, 6) is 2.97. The van der Waals surface area contributed by atoms with Gasteiger partial charge in [-0.05, 0) is 44.2 Å². The molecule has 4 rings (SSSR count). The zero-order chi connectivity index (χ0) is 18.8. The van der Waals surface area contributed by atoms with E-state index in [0.717, 1.165) is 54.3 Å². The molecule has 3 aromatic rings. The van der Waals surface area contributed by atoms with Gasteiger partial charge in [0.25, 0.3) is 5.56 Å². The fourth-order valence-electron chi connectivity index (χ4n) is 3.56. The van der Waals surface area contributed by atoms with E-state index in [4.69, 9.17) is 9.40 Å². The van der Waals surface area contributed by atoms with Gasteiger partial charge < -0.3 is 9.40 Å². The van der Waals surface area contributed by atoms with E-state index in [2.05, 4.69) is 27.9 Å². The van der Waals surface area contributed by atoms with Gasteiger partial charge in [0, 0.05) is 43.4 Å². The molecule has 0 amide bonds. The first-order valence-corrected chi connectivity index (χ1v) is 9.41. The van der Waals surface area contributed by atoms with Gasteiger partial charge in [0.2, 0.25) is 0 Å². The maximum Gasteiger partial charge on any atom is 0.255 e. The van der Waals surface area contributed by atoms with Crippen LogP contribution in [0.1, 0.15) is 42.0 Å². The van der Waals surface area contributed by atoms with Crippen LogP contribution in [0.3, 0.4) is 0 Å².